The normalized spacial score (nSPS) is 13.2. The highest BCUT2D eigenvalue weighted by Gasteiger charge is 2.31. The predicted molar refractivity (Wildman–Crippen MR) is 73.2 cm³/mol. The average Bonchev–Trinajstić information content (AvgIpc) is 2.46. The molecular formula is C16H16F3N. The molecule has 0 fully saturated rings. The number of benzene rings is 2. The number of hydrogen-bond donors (Lipinski definition) is 1. The van der Waals surface area contributed by atoms with Gasteiger partial charge in [-0.05, 0) is 24.6 Å². The Hall–Kier alpha value is -1.81. The number of hydrogen-bond acceptors (Lipinski definition) is 1. The van der Waals surface area contributed by atoms with E-state index in [1.54, 1.807) is 37.3 Å². The van der Waals surface area contributed by atoms with E-state index in [1.807, 2.05) is 0 Å². The van der Waals surface area contributed by atoms with Crippen LogP contribution in [0.15, 0.2) is 54.6 Å². The topological polar surface area (TPSA) is 12.0 Å². The summed E-state index contributed by atoms with van der Waals surface area (Å²) in [5, 5.41) is 2.75. The average molecular weight is 279 g/mol. The van der Waals surface area contributed by atoms with Gasteiger partial charge in [0.05, 0.1) is 6.54 Å². The third-order valence-electron chi connectivity index (χ3n) is 3.18. The Morgan fingerprint density at radius 2 is 1.75 bits per heavy atom. The molecule has 0 aliphatic rings. The highest BCUT2D eigenvalue weighted by molar-refractivity contribution is 5.22. The van der Waals surface area contributed by atoms with Crippen LogP contribution in [0.5, 0.6) is 0 Å². The minimum absolute atomic E-state index is 0.0288. The summed E-state index contributed by atoms with van der Waals surface area (Å²) in [5.74, 6) is -3.32. The Morgan fingerprint density at radius 3 is 2.40 bits per heavy atom. The molecule has 2 aromatic rings. The summed E-state index contributed by atoms with van der Waals surface area (Å²) in [5.41, 5.74) is 0.618. The van der Waals surface area contributed by atoms with Crippen LogP contribution < -0.4 is 5.32 Å². The van der Waals surface area contributed by atoms with E-state index in [4.69, 9.17) is 0 Å². The minimum atomic E-state index is -2.96. The van der Waals surface area contributed by atoms with E-state index in [0.29, 0.717) is 5.56 Å². The van der Waals surface area contributed by atoms with Crippen molar-refractivity contribution in [3.05, 3.63) is 71.5 Å². The van der Waals surface area contributed by atoms with Crippen molar-refractivity contribution < 1.29 is 13.2 Å². The van der Waals surface area contributed by atoms with Crippen molar-refractivity contribution in [3.63, 3.8) is 0 Å². The maximum atomic E-state index is 14.0. The molecule has 1 atom stereocenters. The van der Waals surface area contributed by atoms with Gasteiger partial charge >= 0.3 is 0 Å². The maximum Gasteiger partial charge on any atom is 0.285 e. The van der Waals surface area contributed by atoms with Gasteiger partial charge in [-0.3, -0.25) is 0 Å². The highest BCUT2D eigenvalue weighted by atomic mass is 19.3. The lowest BCUT2D eigenvalue weighted by molar-refractivity contribution is -0.00534. The second kappa shape index (κ2) is 6.09. The largest absolute Gasteiger partial charge is 0.304 e. The van der Waals surface area contributed by atoms with Crippen LogP contribution in [0.1, 0.15) is 24.1 Å². The Morgan fingerprint density at radius 1 is 1.05 bits per heavy atom. The highest BCUT2D eigenvalue weighted by Crippen LogP contribution is 2.27. The molecule has 0 saturated carbocycles. The summed E-state index contributed by atoms with van der Waals surface area (Å²) in [6.45, 7) is 1.24. The molecule has 0 aromatic heterocycles. The molecule has 0 aliphatic carbocycles. The molecule has 0 spiro atoms. The van der Waals surface area contributed by atoms with Crippen LogP contribution in [0, 0.1) is 5.82 Å². The van der Waals surface area contributed by atoms with Crippen molar-refractivity contribution in [2.45, 2.75) is 18.9 Å². The second-order valence-corrected chi connectivity index (χ2v) is 4.73. The molecule has 106 valence electrons. The van der Waals surface area contributed by atoms with E-state index < -0.39 is 12.5 Å². The van der Waals surface area contributed by atoms with Gasteiger partial charge in [0.2, 0.25) is 0 Å². The quantitative estimate of drug-likeness (QED) is 0.862. The molecule has 1 nitrogen and oxygen atoms in total. The van der Waals surface area contributed by atoms with Gasteiger partial charge in [-0.1, -0.05) is 42.5 Å². The van der Waals surface area contributed by atoms with E-state index in [9.17, 15) is 13.2 Å². The lowest BCUT2D eigenvalue weighted by Crippen LogP contribution is -2.32. The maximum absolute atomic E-state index is 14.0. The first-order chi connectivity index (χ1) is 9.49. The SMILES string of the molecule is C[C@@H](NCC(F)(F)c1ccccc1)c1cccc(F)c1. The summed E-state index contributed by atoms with van der Waals surface area (Å²) in [6, 6.07) is 13.3. The molecule has 0 unspecified atom stereocenters. The van der Waals surface area contributed by atoms with Crippen LogP contribution >= 0.6 is 0 Å². The number of alkyl halides is 2. The number of halogens is 3. The van der Waals surface area contributed by atoms with Crippen molar-refractivity contribution in [2.75, 3.05) is 6.54 Å². The van der Waals surface area contributed by atoms with Crippen molar-refractivity contribution in [2.24, 2.45) is 0 Å². The van der Waals surface area contributed by atoms with Crippen LogP contribution in [-0.4, -0.2) is 6.54 Å². The number of rotatable bonds is 5. The van der Waals surface area contributed by atoms with Gasteiger partial charge in [0.1, 0.15) is 5.82 Å². The summed E-state index contributed by atoms with van der Waals surface area (Å²) in [7, 11) is 0. The van der Waals surface area contributed by atoms with Crippen molar-refractivity contribution in [3.8, 4) is 0 Å². The van der Waals surface area contributed by atoms with Crippen LogP contribution in [0.2, 0.25) is 0 Å². The third kappa shape index (κ3) is 3.61. The van der Waals surface area contributed by atoms with Crippen LogP contribution in [-0.2, 0) is 5.92 Å². The lowest BCUT2D eigenvalue weighted by atomic mass is 10.1. The van der Waals surface area contributed by atoms with Gasteiger partial charge < -0.3 is 5.32 Å². The smallest absolute Gasteiger partial charge is 0.285 e. The van der Waals surface area contributed by atoms with Gasteiger partial charge in [0.15, 0.2) is 0 Å². The van der Waals surface area contributed by atoms with Crippen LogP contribution in [0.4, 0.5) is 13.2 Å². The Kier molecular flexibility index (Phi) is 4.45. The molecule has 4 heteroatoms. The fourth-order valence-electron chi connectivity index (χ4n) is 1.96. The fourth-order valence-corrected chi connectivity index (χ4v) is 1.96. The molecule has 2 rings (SSSR count). The fraction of sp³-hybridized carbons (Fsp3) is 0.250. The van der Waals surface area contributed by atoms with E-state index in [-0.39, 0.29) is 17.4 Å². The summed E-state index contributed by atoms with van der Waals surface area (Å²) in [4.78, 5) is 0. The first-order valence-electron chi connectivity index (χ1n) is 6.41. The van der Waals surface area contributed by atoms with E-state index in [1.165, 1.54) is 24.3 Å². The molecule has 2 aromatic carbocycles. The molecule has 0 bridgehead atoms. The van der Waals surface area contributed by atoms with E-state index in [0.717, 1.165) is 0 Å². The minimum Gasteiger partial charge on any atom is -0.304 e. The Balaban J connectivity index is 2.01. The molecule has 0 radical (unpaired) electrons. The summed E-state index contributed by atoms with van der Waals surface area (Å²) < 4.78 is 41.0. The van der Waals surface area contributed by atoms with Crippen molar-refractivity contribution in [1.82, 2.24) is 5.32 Å². The molecule has 20 heavy (non-hydrogen) atoms. The third-order valence-corrected chi connectivity index (χ3v) is 3.18. The van der Waals surface area contributed by atoms with Crippen LogP contribution in [0.25, 0.3) is 0 Å². The molecule has 1 N–H and O–H groups in total. The lowest BCUT2D eigenvalue weighted by Gasteiger charge is -2.21. The van der Waals surface area contributed by atoms with E-state index in [2.05, 4.69) is 5.32 Å². The molecule has 0 aliphatic heterocycles. The zero-order valence-corrected chi connectivity index (χ0v) is 11.1. The Bertz CT molecular complexity index is 555. The van der Waals surface area contributed by atoms with Gasteiger partial charge in [0, 0.05) is 11.6 Å². The molecule has 0 saturated heterocycles. The number of nitrogens with one attached hydrogen (secondary N) is 1. The van der Waals surface area contributed by atoms with Gasteiger partial charge in [0.25, 0.3) is 5.92 Å². The van der Waals surface area contributed by atoms with Crippen LogP contribution in [0.3, 0.4) is 0 Å². The molecular weight excluding hydrogens is 263 g/mol. The van der Waals surface area contributed by atoms with Crippen molar-refractivity contribution in [1.29, 1.82) is 0 Å². The summed E-state index contributed by atoms with van der Waals surface area (Å²) in [6.07, 6.45) is 0. The Labute approximate surface area is 116 Å². The van der Waals surface area contributed by atoms with Gasteiger partial charge in [-0.2, -0.15) is 8.78 Å². The standard InChI is InChI=1S/C16H16F3N/c1-12(13-6-5-9-15(17)10-13)20-11-16(18,19)14-7-3-2-4-8-14/h2-10,12,20H,11H2,1H3/t12-/m1/s1. The molecule has 0 heterocycles. The first kappa shape index (κ1) is 14.6. The zero-order valence-electron chi connectivity index (χ0n) is 11.1. The predicted octanol–water partition coefficient (Wildman–Crippen LogP) is 4.27. The first-order valence-corrected chi connectivity index (χ1v) is 6.41. The van der Waals surface area contributed by atoms with E-state index >= 15 is 0 Å². The van der Waals surface area contributed by atoms with Crippen molar-refractivity contribution >= 4 is 0 Å². The monoisotopic (exact) mass is 279 g/mol. The second-order valence-electron chi connectivity index (χ2n) is 4.73. The zero-order chi connectivity index (χ0) is 14.6. The summed E-state index contributed by atoms with van der Waals surface area (Å²) >= 11 is 0. The molecule has 0 amide bonds. The van der Waals surface area contributed by atoms with Gasteiger partial charge in [-0.15, -0.1) is 0 Å². The van der Waals surface area contributed by atoms with Gasteiger partial charge in [-0.25, -0.2) is 4.39 Å².